The average molecular weight is 329 g/mol. The second kappa shape index (κ2) is 15.2. The van der Waals surface area contributed by atoms with Gasteiger partial charge in [0, 0.05) is 14.2 Å². The third kappa shape index (κ3) is 10.2. The first-order valence-electron chi connectivity index (χ1n) is 9.62. The molecular weight excluding hydrogens is 284 g/mol. The number of allylic oxidation sites excluding steroid dienone is 1. The van der Waals surface area contributed by atoms with Crippen LogP contribution in [0.2, 0.25) is 0 Å². The van der Waals surface area contributed by atoms with Crippen molar-refractivity contribution in [2.45, 2.75) is 110 Å². The van der Waals surface area contributed by atoms with Crippen LogP contribution in [0, 0.1) is 0 Å². The molecule has 0 amide bonds. The van der Waals surface area contributed by atoms with E-state index >= 15 is 0 Å². The number of hydrogen-bond acceptors (Lipinski definition) is 2. The van der Waals surface area contributed by atoms with Crippen LogP contribution < -0.4 is 0 Å². The minimum atomic E-state index is -0.221. The molecular formula is C21H44O2. The molecule has 0 saturated heterocycles. The zero-order valence-corrected chi connectivity index (χ0v) is 17.2. The highest BCUT2D eigenvalue weighted by molar-refractivity contribution is 4.96. The molecule has 1 atom stereocenters. The fourth-order valence-corrected chi connectivity index (χ4v) is 2.96. The van der Waals surface area contributed by atoms with Crippen molar-refractivity contribution in [3.63, 3.8) is 0 Å². The molecule has 0 N–H and O–H groups in total. The summed E-state index contributed by atoms with van der Waals surface area (Å²) in [5.41, 5.74) is -0.359. The van der Waals surface area contributed by atoms with Crippen LogP contribution in [0.25, 0.3) is 0 Å². The van der Waals surface area contributed by atoms with Gasteiger partial charge in [0.05, 0.1) is 11.2 Å². The number of unbranched alkanes of at least 4 members (excludes halogenated alkanes) is 5. The minimum absolute atomic E-state index is 0.138. The Balaban J connectivity index is 0. The van der Waals surface area contributed by atoms with Crippen molar-refractivity contribution < 1.29 is 9.47 Å². The molecule has 0 aromatic heterocycles. The number of methoxy groups -OCH3 is 2. The summed E-state index contributed by atoms with van der Waals surface area (Å²) in [5, 5.41) is 0. The molecule has 2 nitrogen and oxygen atoms in total. The first-order valence-corrected chi connectivity index (χ1v) is 9.62. The lowest BCUT2D eigenvalue weighted by molar-refractivity contribution is -0.176. The maximum Gasteiger partial charge on any atom is 0.0961 e. The number of ether oxygens (including phenoxy) is 2. The first-order chi connectivity index (χ1) is 10.9. The van der Waals surface area contributed by atoms with Crippen molar-refractivity contribution in [2.75, 3.05) is 14.2 Å². The Hall–Kier alpha value is -0.340. The molecule has 0 aliphatic carbocycles. The van der Waals surface area contributed by atoms with Crippen LogP contribution in [-0.4, -0.2) is 25.4 Å². The number of hydrogen-bond donors (Lipinski definition) is 0. The second-order valence-electron chi connectivity index (χ2n) is 6.88. The van der Waals surface area contributed by atoms with Crippen LogP contribution >= 0.6 is 0 Å². The van der Waals surface area contributed by atoms with Gasteiger partial charge in [0.15, 0.2) is 0 Å². The van der Waals surface area contributed by atoms with E-state index in [0.29, 0.717) is 0 Å². The normalized spacial score (nSPS) is 13.9. The van der Waals surface area contributed by atoms with Gasteiger partial charge in [-0.05, 0) is 33.1 Å². The van der Waals surface area contributed by atoms with Gasteiger partial charge in [0.1, 0.15) is 0 Å². The predicted molar refractivity (Wildman–Crippen MR) is 104 cm³/mol. The van der Waals surface area contributed by atoms with Crippen LogP contribution in [0.1, 0.15) is 98.8 Å². The Morgan fingerprint density at radius 3 is 1.70 bits per heavy atom. The van der Waals surface area contributed by atoms with Crippen LogP contribution in [0.3, 0.4) is 0 Å². The minimum Gasteiger partial charge on any atom is -0.376 e. The quantitative estimate of drug-likeness (QED) is 0.269. The van der Waals surface area contributed by atoms with Gasteiger partial charge in [-0.25, -0.2) is 0 Å². The molecule has 0 rings (SSSR count). The molecule has 0 aromatic rings. The highest BCUT2D eigenvalue weighted by Crippen LogP contribution is 2.37. The summed E-state index contributed by atoms with van der Waals surface area (Å²) in [7, 11) is 3.64. The Labute approximate surface area is 147 Å². The molecule has 1 unspecified atom stereocenters. The largest absolute Gasteiger partial charge is 0.376 e. The standard InChI is InChI=1S/C17H36O2.C4H8/c1-7-9-10-11-12-13-15-17(19-6,14-8-2)16(3,4)18-5;1-3-4-2/h7-15H2,1-6H3;3H,1,4H2,2H3. The van der Waals surface area contributed by atoms with Crippen molar-refractivity contribution in [2.24, 2.45) is 0 Å². The van der Waals surface area contributed by atoms with Crippen molar-refractivity contribution in [3.8, 4) is 0 Å². The first kappa shape index (κ1) is 24.9. The van der Waals surface area contributed by atoms with E-state index in [4.69, 9.17) is 9.47 Å². The Bertz CT molecular complexity index is 261. The van der Waals surface area contributed by atoms with Crippen LogP contribution in [0.15, 0.2) is 12.7 Å². The van der Waals surface area contributed by atoms with Gasteiger partial charge in [-0.15, -0.1) is 6.58 Å². The average Bonchev–Trinajstić information content (AvgIpc) is 2.56. The van der Waals surface area contributed by atoms with Crippen LogP contribution in [-0.2, 0) is 9.47 Å². The molecule has 140 valence electrons. The highest BCUT2D eigenvalue weighted by atomic mass is 16.5. The van der Waals surface area contributed by atoms with Gasteiger partial charge in [-0.3, -0.25) is 0 Å². The Morgan fingerprint density at radius 1 is 0.783 bits per heavy atom. The zero-order chi connectivity index (χ0) is 18.2. The summed E-state index contributed by atoms with van der Waals surface area (Å²) in [6.45, 7) is 14.3. The Kier molecular flexibility index (Phi) is 16.5. The van der Waals surface area contributed by atoms with Gasteiger partial charge < -0.3 is 9.47 Å². The van der Waals surface area contributed by atoms with Gasteiger partial charge in [0.25, 0.3) is 0 Å². The van der Waals surface area contributed by atoms with E-state index < -0.39 is 0 Å². The summed E-state index contributed by atoms with van der Waals surface area (Å²) in [6, 6.07) is 0. The van der Waals surface area contributed by atoms with Gasteiger partial charge in [-0.2, -0.15) is 0 Å². The van der Waals surface area contributed by atoms with Gasteiger partial charge in [-0.1, -0.05) is 71.8 Å². The molecule has 0 bridgehead atoms. The molecule has 0 radical (unpaired) electrons. The maximum absolute atomic E-state index is 5.94. The fourth-order valence-electron chi connectivity index (χ4n) is 2.96. The molecule has 0 saturated carbocycles. The van der Waals surface area contributed by atoms with Crippen LogP contribution in [0.5, 0.6) is 0 Å². The molecule has 0 fully saturated rings. The topological polar surface area (TPSA) is 18.5 Å². The summed E-state index contributed by atoms with van der Waals surface area (Å²) in [6.07, 6.45) is 14.2. The molecule has 0 aliphatic heterocycles. The molecule has 0 aromatic carbocycles. The summed E-state index contributed by atoms with van der Waals surface area (Å²) in [5.74, 6) is 0. The monoisotopic (exact) mass is 328 g/mol. The fraction of sp³-hybridized carbons (Fsp3) is 0.905. The molecule has 0 heterocycles. The van der Waals surface area contributed by atoms with E-state index in [1.165, 1.54) is 38.5 Å². The van der Waals surface area contributed by atoms with E-state index in [0.717, 1.165) is 25.7 Å². The summed E-state index contributed by atoms with van der Waals surface area (Å²) >= 11 is 0. The third-order valence-corrected chi connectivity index (χ3v) is 4.87. The highest BCUT2D eigenvalue weighted by Gasteiger charge is 2.44. The van der Waals surface area contributed by atoms with Crippen LogP contribution in [0.4, 0.5) is 0 Å². The summed E-state index contributed by atoms with van der Waals surface area (Å²) in [4.78, 5) is 0. The van der Waals surface area contributed by atoms with Gasteiger partial charge in [0.2, 0.25) is 0 Å². The second-order valence-corrected chi connectivity index (χ2v) is 6.88. The van der Waals surface area contributed by atoms with Crippen molar-refractivity contribution in [1.82, 2.24) is 0 Å². The zero-order valence-electron chi connectivity index (χ0n) is 17.2. The van der Waals surface area contributed by atoms with E-state index in [1.807, 2.05) is 13.2 Å². The van der Waals surface area contributed by atoms with E-state index in [9.17, 15) is 0 Å². The summed E-state index contributed by atoms with van der Waals surface area (Å²) < 4.78 is 11.7. The van der Waals surface area contributed by atoms with E-state index in [1.54, 1.807) is 7.11 Å². The molecule has 0 aliphatic rings. The van der Waals surface area contributed by atoms with E-state index in [-0.39, 0.29) is 11.2 Å². The van der Waals surface area contributed by atoms with Crippen molar-refractivity contribution >= 4 is 0 Å². The van der Waals surface area contributed by atoms with Gasteiger partial charge >= 0.3 is 0 Å². The van der Waals surface area contributed by atoms with Crippen molar-refractivity contribution in [3.05, 3.63) is 12.7 Å². The smallest absolute Gasteiger partial charge is 0.0961 e. The Morgan fingerprint density at radius 2 is 1.30 bits per heavy atom. The molecule has 0 spiro atoms. The maximum atomic E-state index is 5.94. The van der Waals surface area contributed by atoms with E-state index in [2.05, 4.69) is 41.2 Å². The third-order valence-electron chi connectivity index (χ3n) is 4.87. The molecule has 23 heavy (non-hydrogen) atoms. The van der Waals surface area contributed by atoms with Crippen molar-refractivity contribution in [1.29, 1.82) is 0 Å². The lowest BCUT2D eigenvalue weighted by atomic mass is 9.77. The SMILES string of the molecule is C=CCC.CCCCCCCCC(CCC)(OC)C(C)(C)OC. The number of rotatable bonds is 13. The lowest BCUT2D eigenvalue weighted by Gasteiger charge is -2.45. The predicted octanol–water partition coefficient (Wildman–Crippen LogP) is 6.93. The lowest BCUT2D eigenvalue weighted by Crippen LogP contribution is -2.52. The molecule has 2 heteroatoms.